The van der Waals surface area contributed by atoms with Crippen LogP contribution in [0.2, 0.25) is 0 Å². The average Bonchev–Trinajstić information content (AvgIpc) is 3.13. The van der Waals surface area contributed by atoms with E-state index in [2.05, 4.69) is 21.2 Å². The summed E-state index contributed by atoms with van der Waals surface area (Å²) >= 11 is 3.50. The van der Waals surface area contributed by atoms with Crippen LogP contribution in [0, 0.1) is 11.8 Å². The number of halogens is 1. The molecule has 0 spiro atoms. The van der Waals surface area contributed by atoms with Gasteiger partial charge in [-0.15, -0.1) is 0 Å². The van der Waals surface area contributed by atoms with Crippen molar-refractivity contribution >= 4 is 39.6 Å². The molecule has 1 aliphatic carbocycles. The average molecular weight is 595 g/mol. The molecule has 1 aliphatic heterocycles. The first-order valence-electron chi connectivity index (χ1n) is 13.4. The molecule has 39 heavy (non-hydrogen) atoms. The number of hydrogen-bond acceptors (Lipinski definition) is 4. The van der Waals surface area contributed by atoms with Gasteiger partial charge >= 0.3 is 0 Å². The molecule has 0 radical (unpaired) electrons. The zero-order valence-corrected chi connectivity index (χ0v) is 24.3. The highest BCUT2D eigenvalue weighted by molar-refractivity contribution is 9.10. The first kappa shape index (κ1) is 28.7. The minimum Gasteiger partial charge on any atom is -0.350 e. The minimum absolute atomic E-state index is 0.0113. The van der Waals surface area contributed by atoms with Crippen molar-refractivity contribution in [2.45, 2.75) is 64.6 Å². The second kappa shape index (κ2) is 12.3. The van der Waals surface area contributed by atoms with E-state index in [1.807, 2.05) is 87.5 Å². The topological polar surface area (TPSA) is 86.8 Å². The van der Waals surface area contributed by atoms with Crippen molar-refractivity contribution in [2.24, 2.45) is 11.8 Å². The zero-order chi connectivity index (χ0) is 28.2. The summed E-state index contributed by atoms with van der Waals surface area (Å²) in [7, 11) is 0. The molecule has 1 heterocycles. The quantitative estimate of drug-likeness (QED) is 0.339. The van der Waals surface area contributed by atoms with Crippen LogP contribution in [0.5, 0.6) is 0 Å². The van der Waals surface area contributed by atoms with E-state index < -0.39 is 11.6 Å². The lowest BCUT2D eigenvalue weighted by Crippen LogP contribution is -2.54. The van der Waals surface area contributed by atoms with Gasteiger partial charge in [0.1, 0.15) is 6.04 Å². The highest BCUT2D eigenvalue weighted by Gasteiger charge is 2.47. The highest BCUT2D eigenvalue weighted by Crippen LogP contribution is 2.35. The van der Waals surface area contributed by atoms with Crippen LogP contribution in [0.3, 0.4) is 0 Å². The molecule has 0 aromatic heterocycles. The number of likely N-dealkylation sites (tertiary alicyclic amines) is 1. The summed E-state index contributed by atoms with van der Waals surface area (Å²) in [4.78, 5) is 56.4. The lowest BCUT2D eigenvalue weighted by atomic mass is 9.85. The Kier molecular flexibility index (Phi) is 9.05. The van der Waals surface area contributed by atoms with Gasteiger partial charge in [-0.1, -0.05) is 70.5 Å². The second-order valence-electron chi connectivity index (χ2n) is 11.3. The summed E-state index contributed by atoms with van der Waals surface area (Å²) in [6, 6.07) is 16.5. The number of nitrogens with zero attached hydrogens (tertiary/aromatic N) is 2. The molecule has 2 aromatic carbocycles. The van der Waals surface area contributed by atoms with Gasteiger partial charge in [0.25, 0.3) is 0 Å². The smallest absolute Gasteiger partial charge is 0.243 e. The predicted octanol–water partition coefficient (Wildman–Crippen LogP) is 4.65. The van der Waals surface area contributed by atoms with Crippen LogP contribution in [0.1, 0.15) is 51.2 Å². The fourth-order valence-electron chi connectivity index (χ4n) is 5.28. The molecule has 0 saturated carbocycles. The molecular weight excluding hydrogens is 558 g/mol. The summed E-state index contributed by atoms with van der Waals surface area (Å²) in [6.45, 7) is 5.94. The van der Waals surface area contributed by atoms with E-state index in [4.69, 9.17) is 0 Å². The first-order chi connectivity index (χ1) is 18.5. The van der Waals surface area contributed by atoms with Gasteiger partial charge in [-0.3, -0.25) is 24.1 Å². The third kappa shape index (κ3) is 7.24. The predicted molar refractivity (Wildman–Crippen MR) is 153 cm³/mol. The molecule has 1 fully saturated rings. The largest absolute Gasteiger partial charge is 0.350 e. The summed E-state index contributed by atoms with van der Waals surface area (Å²) in [6.07, 6.45) is 5.29. The summed E-state index contributed by atoms with van der Waals surface area (Å²) < 4.78 is 0.871. The van der Waals surface area contributed by atoms with Gasteiger partial charge in [-0.05, 0) is 56.9 Å². The molecule has 206 valence electrons. The van der Waals surface area contributed by atoms with E-state index in [1.54, 1.807) is 4.90 Å². The zero-order valence-electron chi connectivity index (χ0n) is 22.7. The van der Waals surface area contributed by atoms with Crippen molar-refractivity contribution in [1.29, 1.82) is 0 Å². The van der Waals surface area contributed by atoms with Crippen LogP contribution < -0.4 is 5.32 Å². The highest BCUT2D eigenvalue weighted by atomic mass is 79.9. The molecule has 2 aromatic rings. The Morgan fingerprint density at radius 1 is 0.974 bits per heavy atom. The normalized spacial score (nSPS) is 19.5. The molecule has 1 saturated heterocycles. The van der Waals surface area contributed by atoms with E-state index in [0.717, 1.165) is 15.6 Å². The number of carbonyl (C=O) groups excluding carboxylic acids is 4. The molecular formula is C31H36BrN3O4. The Hall–Kier alpha value is -3.26. The maximum atomic E-state index is 13.9. The number of hydrogen-bond donors (Lipinski definition) is 1. The number of nitrogens with one attached hydrogen (secondary N) is 1. The first-order valence-corrected chi connectivity index (χ1v) is 14.2. The van der Waals surface area contributed by atoms with E-state index in [1.165, 1.54) is 4.90 Å². The van der Waals surface area contributed by atoms with Gasteiger partial charge in [0, 0.05) is 35.9 Å². The van der Waals surface area contributed by atoms with Gasteiger partial charge in [-0.25, -0.2) is 0 Å². The number of allylic oxidation sites excluding steroid dienone is 2. The van der Waals surface area contributed by atoms with Crippen LogP contribution in [-0.2, 0) is 32.1 Å². The Morgan fingerprint density at radius 2 is 1.59 bits per heavy atom. The summed E-state index contributed by atoms with van der Waals surface area (Å²) in [5, 5.41) is 3.05. The molecule has 4 rings (SSSR count). The molecule has 1 N–H and O–H groups in total. The van der Waals surface area contributed by atoms with Crippen molar-refractivity contribution in [3.8, 4) is 0 Å². The van der Waals surface area contributed by atoms with Crippen molar-refractivity contribution in [3.05, 3.63) is 82.3 Å². The maximum absolute atomic E-state index is 13.9. The Morgan fingerprint density at radius 3 is 2.18 bits per heavy atom. The van der Waals surface area contributed by atoms with Gasteiger partial charge < -0.3 is 10.2 Å². The third-order valence-electron chi connectivity index (χ3n) is 7.16. The van der Waals surface area contributed by atoms with Crippen molar-refractivity contribution in [1.82, 2.24) is 15.1 Å². The third-order valence-corrected chi connectivity index (χ3v) is 7.65. The standard InChI is InChI=1S/C31H36BrN3O4/c1-31(2,3)33-28(37)26(19-21-10-5-4-6-11-21)35(20-22-12-9-13-23(32)18-22)27(36)16-17-34-29(38)24-14-7-8-15-25(24)30(34)39/h4-13,18,24-26H,14-17,19-20H2,1-3H3,(H,33,37)/t24-,25+,26?. The molecule has 2 aliphatic rings. The van der Waals surface area contributed by atoms with Crippen molar-refractivity contribution in [3.63, 3.8) is 0 Å². The number of rotatable bonds is 9. The minimum atomic E-state index is -0.783. The van der Waals surface area contributed by atoms with Crippen LogP contribution >= 0.6 is 15.9 Å². The van der Waals surface area contributed by atoms with Gasteiger partial charge in [0.15, 0.2) is 0 Å². The maximum Gasteiger partial charge on any atom is 0.243 e. The number of carbonyl (C=O) groups is 4. The molecule has 4 amide bonds. The second-order valence-corrected chi connectivity index (χ2v) is 12.2. The molecule has 3 atom stereocenters. The number of imide groups is 1. The lowest BCUT2D eigenvalue weighted by Gasteiger charge is -2.34. The molecule has 8 heteroatoms. The lowest BCUT2D eigenvalue weighted by molar-refractivity contribution is -0.144. The van der Waals surface area contributed by atoms with Crippen LogP contribution in [0.4, 0.5) is 0 Å². The molecule has 7 nitrogen and oxygen atoms in total. The number of fused-ring (bicyclic) bond motifs is 1. The van der Waals surface area contributed by atoms with Gasteiger partial charge in [-0.2, -0.15) is 0 Å². The fraction of sp³-hybridized carbons (Fsp3) is 0.419. The van der Waals surface area contributed by atoms with Crippen molar-refractivity contribution < 1.29 is 19.2 Å². The Bertz CT molecular complexity index is 1230. The van der Waals surface area contributed by atoms with Crippen molar-refractivity contribution in [2.75, 3.05) is 6.54 Å². The van der Waals surface area contributed by atoms with Crippen LogP contribution in [0.25, 0.3) is 0 Å². The van der Waals surface area contributed by atoms with E-state index in [-0.39, 0.29) is 55.0 Å². The fourth-order valence-corrected chi connectivity index (χ4v) is 5.73. The summed E-state index contributed by atoms with van der Waals surface area (Å²) in [5.74, 6) is -1.61. The Balaban J connectivity index is 1.60. The Labute approximate surface area is 238 Å². The SMILES string of the molecule is CC(C)(C)NC(=O)C(Cc1ccccc1)N(Cc1cccc(Br)c1)C(=O)CCN1C(=O)[C@H]2CC=CC[C@H]2C1=O. The van der Waals surface area contributed by atoms with E-state index in [9.17, 15) is 19.2 Å². The molecule has 1 unspecified atom stereocenters. The number of amides is 4. The van der Waals surface area contributed by atoms with Gasteiger partial charge in [0.05, 0.1) is 11.8 Å². The molecule has 0 bridgehead atoms. The van der Waals surface area contributed by atoms with Crippen LogP contribution in [0.15, 0.2) is 71.2 Å². The van der Waals surface area contributed by atoms with E-state index >= 15 is 0 Å². The monoisotopic (exact) mass is 593 g/mol. The van der Waals surface area contributed by atoms with Crippen LogP contribution in [-0.4, -0.2) is 51.6 Å². The number of benzene rings is 2. The van der Waals surface area contributed by atoms with Gasteiger partial charge in [0.2, 0.25) is 23.6 Å². The van der Waals surface area contributed by atoms with E-state index in [0.29, 0.717) is 19.3 Å². The summed E-state index contributed by atoms with van der Waals surface area (Å²) in [5.41, 5.74) is 1.31.